The number of halogens is 4. The molecule has 4 nitrogen and oxygen atoms in total. The number of carbonyl (C=O) groups excluding carboxylic acids is 1. The van der Waals surface area contributed by atoms with Crippen LogP contribution in [-0.2, 0) is 17.5 Å². The van der Waals surface area contributed by atoms with Gasteiger partial charge < -0.3 is 9.30 Å². The molecule has 144 valence electrons. The van der Waals surface area contributed by atoms with Crippen LogP contribution < -0.4 is 0 Å². The molecule has 0 aliphatic rings. The normalized spacial score (nSPS) is 12.7. The third-order valence-corrected chi connectivity index (χ3v) is 3.82. The molecule has 1 aromatic carbocycles. The fourth-order valence-corrected chi connectivity index (χ4v) is 2.59. The molecule has 0 aliphatic heterocycles. The minimum atomic E-state index is -4.57. The Morgan fingerprint density at radius 1 is 1.41 bits per heavy atom. The summed E-state index contributed by atoms with van der Waals surface area (Å²) in [6.45, 7) is 7.16. The van der Waals surface area contributed by atoms with Crippen molar-refractivity contribution in [2.24, 2.45) is 4.99 Å². The van der Waals surface area contributed by atoms with Crippen molar-refractivity contribution < 1.29 is 22.7 Å². The number of rotatable bonds is 6. The van der Waals surface area contributed by atoms with Crippen LogP contribution in [0, 0.1) is 0 Å². The van der Waals surface area contributed by atoms with Gasteiger partial charge in [-0.1, -0.05) is 24.3 Å². The van der Waals surface area contributed by atoms with E-state index in [1.807, 2.05) is 0 Å². The van der Waals surface area contributed by atoms with E-state index < -0.39 is 17.7 Å². The van der Waals surface area contributed by atoms with E-state index in [1.165, 1.54) is 12.3 Å². The number of nitrogens with zero attached hydrogens (tertiary/aromatic N) is 2. The summed E-state index contributed by atoms with van der Waals surface area (Å²) in [5.41, 5.74) is -0.101. The average Bonchev–Trinajstić information content (AvgIpc) is 2.99. The maximum Gasteiger partial charge on any atom is 0.416 e. The lowest BCUT2D eigenvalue weighted by molar-refractivity contribution is -0.137. The monoisotopic (exact) mass is 398 g/mol. The van der Waals surface area contributed by atoms with Crippen LogP contribution in [0.3, 0.4) is 0 Å². The van der Waals surface area contributed by atoms with E-state index in [2.05, 4.69) is 11.6 Å². The van der Waals surface area contributed by atoms with E-state index >= 15 is 0 Å². The molecule has 0 aliphatic carbocycles. The maximum absolute atomic E-state index is 13.2. The maximum atomic E-state index is 13.2. The SMILES string of the molecule is C=C(Cl)C=N/C(=C\C)Cn1ccc2cc(C(F)(F)F)cc(C(=O)OCC)c21. The predicted octanol–water partition coefficient (Wildman–Crippen LogP) is 5.56. The summed E-state index contributed by atoms with van der Waals surface area (Å²) in [5.74, 6) is -0.812. The molecule has 27 heavy (non-hydrogen) atoms. The molecule has 0 radical (unpaired) electrons. The van der Waals surface area contributed by atoms with Gasteiger partial charge in [0.05, 0.1) is 40.5 Å². The Morgan fingerprint density at radius 3 is 2.67 bits per heavy atom. The molecule has 0 spiro atoms. The number of hydrogen-bond donors (Lipinski definition) is 0. The van der Waals surface area contributed by atoms with Gasteiger partial charge in [0.15, 0.2) is 0 Å². The lowest BCUT2D eigenvalue weighted by Crippen LogP contribution is -2.12. The molecule has 1 heterocycles. The second-order valence-electron chi connectivity index (χ2n) is 5.61. The number of ether oxygens (including phenoxy) is 1. The van der Waals surface area contributed by atoms with Gasteiger partial charge in [0.25, 0.3) is 0 Å². The molecule has 0 bridgehead atoms. The van der Waals surface area contributed by atoms with Crippen LogP contribution in [0.2, 0.25) is 0 Å². The van der Waals surface area contributed by atoms with E-state index in [0.717, 1.165) is 12.1 Å². The fraction of sp³-hybridized carbons (Fsp3) is 0.263. The van der Waals surface area contributed by atoms with Crippen LogP contribution in [-0.4, -0.2) is 23.4 Å². The third-order valence-electron chi connectivity index (χ3n) is 3.72. The first-order chi connectivity index (χ1) is 12.7. The molecule has 2 rings (SSSR count). The van der Waals surface area contributed by atoms with E-state index in [9.17, 15) is 18.0 Å². The van der Waals surface area contributed by atoms with Crippen molar-refractivity contribution >= 4 is 34.7 Å². The highest BCUT2D eigenvalue weighted by atomic mass is 35.5. The molecular formula is C19H18ClF3N2O2. The smallest absolute Gasteiger partial charge is 0.416 e. The third kappa shape index (κ3) is 5.01. The summed E-state index contributed by atoms with van der Waals surface area (Å²) in [4.78, 5) is 16.5. The Labute approximate surface area is 159 Å². The van der Waals surface area contributed by atoms with Gasteiger partial charge in [0, 0.05) is 17.8 Å². The van der Waals surface area contributed by atoms with Crippen molar-refractivity contribution in [3.63, 3.8) is 0 Å². The van der Waals surface area contributed by atoms with Gasteiger partial charge in [-0.05, 0) is 32.0 Å². The van der Waals surface area contributed by atoms with Crippen LogP contribution in [0.25, 0.3) is 10.9 Å². The van der Waals surface area contributed by atoms with Crippen LogP contribution in [0.5, 0.6) is 0 Å². The summed E-state index contributed by atoms with van der Waals surface area (Å²) in [6, 6.07) is 3.34. The number of esters is 1. The van der Waals surface area contributed by atoms with Crippen LogP contribution in [0.1, 0.15) is 29.8 Å². The molecular weight excluding hydrogens is 381 g/mol. The van der Waals surface area contributed by atoms with E-state index in [4.69, 9.17) is 16.3 Å². The Morgan fingerprint density at radius 2 is 2.11 bits per heavy atom. The van der Waals surface area contributed by atoms with Crippen molar-refractivity contribution in [3.8, 4) is 0 Å². The van der Waals surface area contributed by atoms with Gasteiger partial charge in [-0.3, -0.25) is 4.99 Å². The largest absolute Gasteiger partial charge is 0.462 e. The molecule has 2 aromatic rings. The zero-order chi connectivity index (χ0) is 20.2. The van der Waals surface area contributed by atoms with Crippen LogP contribution >= 0.6 is 11.6 Å². The van der Waals surface area contributed by atoms with E-state index in [1.54, 1.807) is 30.7 Å². The van der Waals surface area contributed by atoms with Crippen LogP contribution in [0.15, 0.2) is 52.8 Å². The lowest BCUT2D eigenvalue weighted by Gasteiger charge is -2.13. The Bertz CT molecular complexity index is 927. The minimum absolute atomic E-state index is 0.0551. The number of carbonyl (C=O) groups is 1. The number of alkyl halides is 3. The number of aromatic nitrogens is 1. The van der Waals surface area contributed by atoms with Gasteiger partial charge in [-0.2, -0.15) is 13.2 Å². The fourth-order valence-electron chi connectivity index (χ4n) is 2.54. The first-order valence-corrected chi connectivity index (χ1v) is 8.46. The molecule has 0 N–H and O–H groups in total. The highest BCUT2D eigenvalue weighted by Crippen LogP contribution is 2.34. The summed E-state index contributed by atoms with van der Waals surface area (Å²) < 4.78 is 46.1. The van der Waals surface area contributed by atoms with Gasteiger partial charge in [-0.25, -0.2) is 4.79 Å². The molecule has 0 atom stereocenters. The molecule has 1 aromatic heterocycles. The standard InChI is InChI=1S/C19H18ClF3N2O2/c1-4-15(24-10-12(3)20)11-25-7-6-13-8-14(19(21,22)23)9-16(17(13)25)18(26)27-5-2/h4,6-10H,3,5,11H2,1-2H3/b15-4-,24-10?. The zero-order valence-corrected chi connectivity index (χ0v) is 15.6. The number of aliphatic imine (C=N–C) groups is 1. The van der Waals surface area contributed by atoms with E-state index in [0.29, 0.717) is 11.2 Å². The Kier molecular flexibility index (Phi) is 6.49. The van der Waals surface area contributed by atoms with Crippen molar-refractivity contribution in [2.45, 2.75) is 26.6 Å². The summed E-state index contributed by atoms with van der Waals surface area (Å²) in [7, 11) is 0. The van der Waals surface area contributed by atoms with Gasteiger partial charge >= 0.3 is 12.1 Å². The average molecular weight is 399 g/mol. The Balaban J connectivity index is 2.59. The molecule has 0 unspecified atom stereocenters. The zero-order valence-electron chi connectivity index (χ0n) is 14.8. The highest BCUT2D eigenvalue weighted by molar-refractivity contribution is 6.38. The second-order valence-corrected chi connectivity index (χ2v) is 6.09. The number of fused-ring (bicyclic) bond motifs is 1. The minimum Gasteiger partial charge on any atom is -0.462 e. The summed E-state index contributed by atoms with van der Waals surface area (Å²) in [5, 5.41) is 0.530. The predicted molar refractivity (Wildman–Crippen MR) is 100 cm³/mol. The Hall–Kier alpha value is -2.54. The molecule has 0 fully saturated rings. The lowest BCUT2D eigenvalue weighted by atomic mass is 10.1. The topological polar surface area (TPSA) is 43.6 Å². The summed E-state index contributed by atoms with van der Waals surface area (Å²) >= 11 is 5.67. The van der Waals surface area contributed by atoms with Crippen molar-refractivity contribution in [3.05, 3.63) is 58.9 Å². The van der Waals surface area contributed by atoms with Gasteiger partial charge in [0.1, 0.15) is 0 Å². The van der Waals surface area contributed by atoms with Gasteiger partial charge in [0.2, 0.25) is 0 Å². The molecule has 0 saturated carbocycles. The van der Waals surface area contributed by atoms with E-state index in [-0.39, 0.29) is 29.1 Å². The first-order valence-electron chi connectivity index (χ1n) is 8.08. The second kappa shape index (κ2) is 8.43. The van der Waals surface area contributed by atoms with Gasteiger partial charge in [-0.15, -0.1) is 0 Å². The number of hydrogen-bond acceptors (Lipinski definition) is 3. The van der Waals surface area contributed by atoms with Crippen LogP contribution in [0.4, 0.5) is 13.2 Å². The number of benzene rings is 1. The highest BCUT2D eigenvalue weighted by Gasteiger charge is 2.33. The summed E-state index contributed by atoms with van der Waals surface area (Å²) in [6.07, 6.45) is 0.131. The van der Waals surface area contributed by atoms with Crippen molar-refractivity contribution in [2.75, 3.05) is 6.61 Å². The molecule has 0 saturated heterocycles. The first kappa shape index (κ1) is 20.8. The molecule has 0 amide bonds. The van der Waals surface area contributed by atoms with Crippen molar-refractivity contribution in [1.29, 1.82) is 0 Å². The quantitative estimate of drug-likeness (QED) is 0.472. The molecule has 8 heteroatoms. The number of allylic oxidation sites excluding steroid dienone is 3. The van der Waals surface area contributed by atoms with Crippen molar-refractivity contribution in [1.82, 2.24) is 4.57 Å².